The van der Waals surface area contributed by atoms with E-state index >= 15 is 0 Å². The van der Waals surface area contributed by atoms with Crippen LogP contribution in [0.2, 0.25) is 0 Å². The largest absolute Gasteiger partial charge is 0.444 e. The summed E-state index contributed by atoms with van der Waals surface area (Å²) in [6.07, 6.45) is 0. The molecular formula is C10H15N3O2. The van der Waals surface area contributed by atoms with E-state index in [1.54, 1.807) is 0 Å². The molecule has 1 saturated heterocycles. The maximum absolute atomic E-state index is 11.1. The number of oxazole rings is 1. The second-order valence-corrected chi connectivity index (χ2v) is 4.11. The first-order valence-corrected chi connectivity index (χ1v) is 4.97. The summed E-state index contributed by atoms with van der Waals surface area (Å²) in [5.74, 6) is 1.48. The molecule has 2 N–H and O–H groups in total. The summed E-state index contributed by atoms with van der Waals surface area (Å²) in [6, 6.07) is 0. The maximum atomic E-state index is 11.1. The monoisotopic (exact) mass is 209 g/mol. The summed E-state index contributed by atoms with van der Waals surface area (Å²) in [7, 11) is 0. The highest BCUT2D eigenvalue weighted by molar-refractivity contribution is 5.79. The number of aryl methyl sites for hydroxylation is 2. The Morgan fingerprint density at radius 2 is 2.20 bits per heavy atom. The Labute approximate surface area is 88.3 Å². The van der Waals surface area contributed by atoms with Crippen molar-refractivity contribution in [2.75, 3.05) is 13.1 Å². The number of rotatable bonds is 1. The van der Waals surface area contributed by atoms with Gasteiger partial charge in [-0.2, -0.15) is 0 Å². The number of carbonyl (C=O) groups is 1. The van der Waals surface area contributed by atoms with Gasteiger partial charge in [0, 0.05) is 13.5 Å². The second kappa shape index (κ2) is 3.34. The van der Waals surface area contributed by atoms with Crippen molar-refractivity contribution in [2.45, 2.75) is 26.3 Å². The van der Waals surface area contributed by atoms with Crippen molar-refractivity contribution in [3.8, 4) is 0 Å². The summed E-state index contributed by atoms with van der Waals surface area (Å²) in [5, 5.41) is 5.99. The van der Waals surface area contributed by atoms with Crippen LogP contribution in [0, 0.1) is 13.8 Å². The summed E-state index contributed by atoms with van der Waals surface area (Å²) in [4.78, 5) is 15.3. The molecule has 1 fully saturated rings. The average Bonchev–Trinajstić information content (AvgIpc) is 2.52. The van der Waals surface area contributed by atoms with E-state index in [2.05, 4.69) is 15.6 Å². The first-order valence-electron chi connectivity index (χ1n) is 4.97. The minimum absolute atomic E-state index is 0.0152. The van der Waals surface area contributed by atoms with E-state index in [1.807, 2.05) is 20.8 Å². The summed E-state index contributed by atoms with van der Waals surface area (Å²) in [6.45, 7) is 6.58. The van der Waals surface area contributed by atoms with Gasteiger partial charge in [0.15, 0.2) is 5.89 Å². The topological polar surface area (TPSA) is 67.2 Å². The fraction of sp³-hybridized carbons (Fsp3) is 0.600. The van der Waals surface area contributed by atoms with Gasteiger partial charge >= 0.3 is 0 Å². The highest BCUT2D eigenvalue weighted by Crippen LogP contribution is 2.25. The van der Waals surface area contributed by atoms with Crippen LogP contribution < -0.4 is 10.6 Å². The molecule has 1 aromatic heterocycles. The Balaban J connectivity index is 2.29. The Morgan fingerprint density at radius 3 is 2.67 bits per heavy atom. The lowest BCUT2D eigenvalue weighted by molar-refractivity contribution is -0.122. The molecule has 1 aromatic rings. The molecule has 2 heterocycles. The number of aromatic nitrogens is 1. The fourth-order valence-electron chi connectivity index (χ4n) is 1.88. The highest BCUT2D eigenvalue weighted by atomic mass is 16.4. The van der Waals surface area contributed by atoms with Crippen molar-refractivity contribution >= 4 is 5.91 Å². The summed E-state index contributed by atoms with van der Waals surface area (Å²) < 4.78 is 5.57. The number of amides is 1. The molecule has 5 heteroatoms. The molecule has 1 amide bonds. The zero-order valence-corrected chi connectivity index (χ0v) is 9.18. The number of nitrogens with zero attached hydrogens (tertiary/aromatic N) is 1. The highest BCUT2D eigenvalue weighted by Gasteiger charge is 2.36. The third-order valence-electron chi connectivity index (χ3n) is 2.68. The Bertz CT molecular complexity index is 387. The second-order valence-electron chi connectivity index (χ2n) is 4.11. The molecular weight excluding hydrogens is 194 g/mol. The molecule has 5 nitrogen and oxygen atoms in total. The van der Waals surface area contributed by atoms with Crippen LogP contribution in [0.5, 0.6) is 0 Å². The van der Waals surface area contributed by atoms with Gasteiger partial charge in [0.25, 0.3) is 0 Å². The fourth-order valence-corrected chi connectivity index (χ4v) is 1.88. The number of hydrogen-bond acceptors (Lipinski definition) is 4. The quantitative estimate of drug-likeness (QED) is 0.694. The van der Waals surface area contributed by atoms with Gasteiger partial charge in [-0.05, 0) is 13.8 Å². The Kier molecular flexibility index (Phi) is 2.26. The zero-order chi connectivity index (χ0) is 11.1. The molecule has 0 bridgehead atoms. The normalized spacial score (nSPS) is 26.5. The smallest absolute Gasteiger partial charge is 0.234 e. The molecule has 1 atom stereocenters. The SMILES string of the molecule is Cc1nc(C)c(C2(C)CNC(=O)CN2)o1. The molecule has 1 unspecified atom stereocenters. The average molecular weight is 209 g/mol. The Hall–Kier alpha value is -1.36. The predicted octanol–water partition coefficient (Wildman–Crippen LogP) is 0.226. The van der Waals surface area contributed by atoms with Crippen molar-refractivity contribution < 1.29 is 9.21 Å². The molecule has 0 aliphatic carbocycles. The van der Waals surface area contributed by atoms with Crippen LogP contribution in [0.25, 0.3) is 0 Å². The minimum atomic E-state index is -0.348. The van der Waals surface area contributed by atoms with Crippen LogP contribution in [0.4, 0.5) is 0 Å². The van der Waals surface area contributed by atoms with Crippen molar-refractivity contribution in [3.05, 3.63) is 17.3 Å². The molecule has 1 aliphatic rings. The van der Waals surface area contributed by atoms with E-state index in [-0.39, 0.29) is 11.4 Å². The van der Waals surface area contributed by atoms with E-state index in [4.69, 9.17) is 4.42 Å². The number of nitrogens with one attached hydrogen (secondary N) is 2. The van der Waals surface area contributed by atoms with Gasteiger partial charge in [-0.1, -0.05) is 0 Å². The van der Waals surface area contributed by atoms with Gasteiger partial charge in [-0.25, -0.2) is 4.98 Å². The predicted molar refractivity (Wildman–Crippen MR) is 54.3 cm³/mol. The standard InChI is InChI=1S/C10H15N3O2/c1-6-9(15-7(2)13-6)10(3)5-11-8(14)4-12-10/h12H,4-5H2,1-3H3,(H,11,14). The van der Waals surface area contributed by atoms with Crippen LogP contribution in [0.1, 0.15) is 24.3 Å². The van der Waals surface area contributed by atoms with Crippen LogP contribution >= 0.6 is 0 Å². The van der Waals surface area contributed by atoms with Crippen molar-refractivity contribution in [3.63, 3.8) is 0 Å². The van der Waals surface area contributed by atoms with Gasteiger partial charge in [0.2, 0.25) is 5.91 Å². The van der Waals surface area contributed by atoms with Crippen LogP contribution in [0.3, 0.4) is 0 Å². The van der Waals surface area contributed by atoms with Gasteiger partial charge in [0.1, 0.15) is 5.76 Å². The maximum Gasteiger partial charge on any atom is 0.234 e. The van der Waals surface area contributed by atoms with Crippen molar-refractivity contribution in [1.29, 1.82) is 0 Å². The number of hydrogen-bond donors (Lipinski definition) is 2. The molecule has 0 aromatic carbocycles. The van der Waals surface area contributed by atoms with Gasteiger partial charge in [-0.15, -0.1) is 0 Å². The van der Waals surface area contributed by atoms with Gasteiger partial charge in [0.05, 0.1) is 17.8 Å². The molecule has 0 radical (unpaired) electrons. The molecule has 15 heavy (non-hydrogen) atoms. The van der Waals surface area contributed by atoms with Gasteiger partial charge < -0.3 is 9.73 Å². The van der Waals surface area contributed by atoms with Crippen LogP contribution in [-0.2, 0) is 10.3 Å². The first-order chi connectivity index (χ1) is 7.01. The molecule has 0 spiro atoms. The summed E-state index contributed by atoms with van der Waals surface area (Å²) >= 11 is 0. The van der Waals surface area contributed by atoms with E-state index in [0.29, 0.717) is 19.0 Å². The molecule has 1 aliphatic heterocycles. The lowest BCUT2D eigenvalue weighted by Crippen LogP contribution is -2.57. The summed E-state index contributed by atoms with van der Waals surface area (Å²) in [5.41, 5.74) is 0.526. The third-order valence-corrected chi connectivity index (χ3v) is 2.68. The van der Waals surface area contributed by atoms with E-state index < -0.39 is 0 Å². The third kappa shape index (κ3) is 1.74. The molecule has 0 saturated carbocycles. The first kappa shape index (κ1) is 10.2. The van der Waals surface area contributed by atoms with Gasteiger partial charge in [-0.3, -0.25) is 10.1 Å². The number of carbonyl (C=O) groups excluding carboxylic acids is 1. The molecule has 82 valence electrons. The molecule has 2 rings (SSSR count). The lowest BCUT2D eigenvalue weighted by atomic mass is 9.95. The van der Waals surface area contributed by atoms with E-state index in [1.165, 1.54) is 0 Å². The van der Waals surface area contributed by atoms with E-state index in [9.17, 15) is 4.79 Å². The van der Waals surface area contributed by atoms with Crippen molar-refractivity contribution in [1.82, 2.24) is 15.6 Å². The van der Waals surface area contributed by atoms with Crippen LogP contribution in [0.15, 0.2) is 4.42 Å². The van der Waals surface area contributed by atoms with Crippen molar-refractivity contribution in [2.24, 2.45) is 0 Å². The zero-order valence-electron chi connectivity index (χ0n) is 9.18. The van der Waals surface area contributed by atoms with Crippen LogP contribution in [-0.4, -0.2) is 24.0 Å². The minimum Gasteiger partial charge on any atom is -0.444 e. The van der Waals surface area contributed by atoms with E-state index in [0.717, 1.165) is 11.5 Å². The number of piperazine rings is 1. The lowest BCUT2D eigenvalue weighted by Gasteiger charge is -2.33. The Morgan fingerprint density at radius 1 is 1.47 bits per heavy atom.